The van der Waals surface area contributed by atoms with Gasteiger partial charge in [0.1, 0.15) is 6.07 Å². The summed E-state index contributed by atoms with van der Waals surface area (Å²) in [5, 5.41) is 15.5. The summed E-state index contributed by atoms with van der Waals surface area (Å²) in [6, 6.07) is 3.93. The van der Waals surface area contributed by atoms with Crippen molar-refractivity contribution in [1.82, 2.24) is 10.2 Å². The Morgan fingerprint density at radius 3 is 2.77 bits per heavy atom. The zero-order valence-corrected chi connectivity index (χ0v) is 7.58. The molecule has 13 heavy (non-hydrogen) atoms. The van der Waals surface area contributed by atoms with Crippen molar-refractivity contribution in [2.24, 2.45) is 0 Å². The Morgan fingerprint density at radius 1 is 1.38 bits per heavy atom. The highest BCUT2D eigenvalue weighted by Crippen LogP contribution is 2.31. The van der Waals surface area contributed by atoms with Gasteiger partial charge < -0.3 is 0 Å². The quantitative estimate of drug-likeness (QED) is 0.712. The average molecular weight is 175 g/mol. The van der Waals surface area contributed by atoms with Crippen LogP contribution < -0.4 is 0 Å². The van der Waals surface area contributed by atoms with Gasteiger partial charge in [0.05, 0.1) is 0 Å². The Bertz CT molecular complexity index is 315. The Hall–Kier alpha value is -1.30. The van der Waals surface area contributed by atoms with Crippen LogP contribution in [0.2, 0.25) is 0 Å². The molecule has 0 radical (unpaired) electrons. The van der Waals surface area contributed by atoms with Crippen LogP contribution >= 0.6 is 0 Å². The molecule has 0 aromatic carbocycles. The SMILES string of the molecule is N#Cc1cc(C2CCCCC2)[nH]n1. The minimum Gasteiger partial charge on any atom is -0.281 e. The second kappa shape index (κ2) is 3.61. The van der Waals surface area contributed by atoms with E-state index in [1.165, 1.54) is 32.1 Å². The van der Waals surface area contributed by atoms with E-state index in [9.17, 15) is 0 Å². The number of aromatic nitrogens is 2. The Morgan fingerprint density at radius 2 is 2.15 bits per heavy atom. The lowest BCUT2D eigenvalue weighted by molar-refractivity contribution is 0.436. The lowest BCUT2D eigenvalue weighted by Gasteiger charge is -2.19. The zero-order chi connectivity index (χ0) is 9.10. The van der Waals surface area contributed by atoms with Gasteiger partial charge in [0.15, 0.2) is 5.69 Å². The number of H-pyrrole nitrogens is 1. The van der Waals surface area contributed by atoms with Gasteiger partial charge >= 0.3 is 0 Å². The van der Waals surface area contributed by atoms with Crippen molar-refractivity contribution in [3.63, 3.8) is 0 Å². The average Bonchev–Trinajstić information content (AvgIpc) is 2.67. The second-order valence-electron chi connectivity index (χ2n) is 3.66. The maximum atomic E-state index is 8.62. The molecule has 3 heteroatoms. The smallest absolute Gasteiger partial charge is 0.162 e. The largest absolute Gasteiger partial charge is 0.281 e. The fourth-order valence-electron chi connectivity index (χ4n) is 2.02. The first-order chi connectivity index (χ1) is 6.40. The van der Waals surface area contributed by atoms with Crippen LogP contribution in [0.4, 0.5) is 0 Å². The summed E-state index contributed by atoms with van der Waals surface area (Å²) in [7, 11) is 0. The molecule has 1 aliphatic carbocycles. The normalized spacial score (nSPS) is 18.4. The van der Waals surface area contributed by atoms with Crippen LogP contribution in [0.1, 0.15) is 49.4 Å². The molecule has 1 aromatic rings. The van der Waals surface area contributed by atoms with Crippen LogP contribution in [0.5, 0.6) is 0 Å². The van der Waals surface area contributed by atoms with Gasteiger partial charge in [-0.2, -0.15) is 10.4 Å². The van der Waals surface area contributed by atoms with Crippen LogP contribution in [0, 0.1) is 11.3 Å². The molecule has 0 spiro atoms. The van der Waals surface area contributed by atoms with E-state index in [0.717, 1.165) is 5.69 Å². The number of nitrogens with zero attached hydrogens (tertiary/aromatic N) is 2. The minimum atomic E-state index is 0.514. The molecule has 1 aliphatic rings. The topological polar surface area (TPSA) is 52.5 Å². The molecular weight excluding hydrogens is 162 g/mol. The summed E-state index contributed by atoms with van der Waals surface area (Å²) in [4.78, 5) is 0. The Kier molecular flexibility index (Phi) is 2.31. The van der Waals surface area contributed by atoms with E-state index in [2.05, 4.69) is 10.2 Å². The summed E-state index contributed by atoms with van der Waals surface area (Å²) >= 11 is 0. The molecule has 0 saturated heterocycles. The first-order valence-electron chi connectivity index (χ1n) is 4.85. The van der Waals surface area contributed by atoms with Crippen molar-refractivity contribution >= 4 is 0 Å². The fourth-order valence-corrected chi connectivity index (χ4v) is 2.02. The van der Waals surface area contributed by atoms with Crippen molar-refractivity contribution in [3.05, 3.63) is 17.5 Å². The van der Waals surface area contributed by atoms with Crippen LogP contribution in [-0.2, 0) is 0 Å². The van der Waals surface area contributed by atoms with Gasteiger partial charge in [-0.1, -0.05) is 19.3 Å². The van der Waals surface area contributed by atoms with Crippen molar-refractivity contribution < 1.29 is 0 Å². The first-order valence-corrected chi connectivity index (χ1v) is 4.85. The first kappa shape index (κ1) is 8.31. The minimum absolute atomic E-state index is 0.514. The molecule has 68 valence electrons. The summed E-state index contributed by atoms with van der Waals surface area (Å²) < 4.78 is 0. The van der Waals surface area contributed by atoms with E-state index in [-0.39, 0.29) is 0 Å². The molecule has 1 fully saturated rings. The predicted octanol–water partition coefficient (Wildman–Crippen LogP) is 2.33. The number of nitrogens with one attached hydrogen (secondary N) is 1. The third-order valence-corrected chi connectivity index (χ3v) is 2.76. The second-order valence-corrected chi connectivity index (χ2v) is 3.66. The van der Waals surface area contributed by atoms with Gasteiger partial charge in [0, 0.05) is 11.6 Å². The van der Waals surface area contributed by atoms with E-state index in [1.807, 2.05) is 12.1 Å². The van der Waals surface area contributed by atoms with Gasteiger partial charge in [-0.05, 0) is 18.9 Å². The molecule has 0 amide bonds. The molecule has 0 aliphatic heterocycles. The van der Waals surface area contributed by atoms with Gasteiger partial charge in [-0.15, -0.1) is 0 Å². The molecule has 1 heterocycles. The molecule has 1 aromatic heterocycles. The molecule has 0 atom stereocenters. The van der Waals surface area contributed by atoms with Gasteiger partial charge in [-0.3, -0.25) is 5.10 Å². The van der Waals surface area contributed by atoms with E-state index >= 15 is 0 Å². The molecular formula is C10H13N3. The Balaban J connectivity index is 2.11. The molecule has 1 N–H and O–H groups in total. The van der Waals surface area contributed by atoms with Gasteiger partial charge in [0.25, 0.3) is 0 Å². The summed E-state index contributed by atoms with van der Waals surface area (Å²) in [6.07, 6.45) is 6.47. The van der Waals surface area contributed by atoms with Crippen LogP contribution in [0.15, 0.2) is 6.07 Å². The summed E-state index contributed by atoms with van der Waals surface area (Å²) in [5.41, 5.74) is 1.66. The number of hydrogen-bond acceptors (Lipinski definition) is 2. The maximum absolute atomic E-state index is 8.62. The van der Waals surface area contributed by atoms with Crippen molar-refractivity contribution in [2.45, 2.75) is 38.0 Å². The lowest BCUT2D eigenvalue weighted by Crippen LogP contribution is -2.04. The highest BCUT2D eigenvalue weighted by molar-refractivity contribution is 5.23. The maximum Gasteiger partial charge on any atom is 0.162 e. The highest BCUT2D eigenvalue weighted by Gasteiger charge is 2.17. The molecule has 3 nitrogen and oxygen atoms in total. The monoisotopic (exact) mass is 175 g/mol. The molecule has 2 rings (SSSR count). The van der Waals surface area contributed by atoms with Gasteiger partial charge in [0.2, 0.25) is 0 Å². The van der Waals surface area contributed by atoms with Crippen molar-refractivity contribution in [2.75, 3.05) is 0 Å². The Labute approximate surface area is 77.8 Å². The zero-order valence-electron chi connectivity index (χ0n) is 7.58. The predicted molar refractivity (Wildman–Crippen MR) is 49.1 cm³/mol. The van der Waals surface area contributed by atoms with Crippen LogP contribution in [0.3, 0.4) is 0 Å². The number of rotatable bonds is 1. The summed E-state index contributed by atoms with van der Waals surface area (Å²) in [5.74, 6) is 0.614. The van der Waals surface area contributed by atoms with Crippen LogP contribution in [-0.4, -0.2) is 10.2 Å². The van der Waals surface area contributed by atoms with Crippen molar-refractivity contribution in [1.29, 1.82) is 5.26 Å². The number of nitriles is 1. The van der Waals surface area contributed by atoms with Gasteiger partial charge in [-0.25, -0.2) is 0 Å². The van der Waals surface area contributed by atoms with E-state index in [1.54, 1.807) is 0 Å². The van der Waals surface area contributed by atoms with E-state index in [4.69, 9.17) is 5.26 Å². The number of hydrogen-bond donors (Lipinski definition) is 1. The van der Waals surface area contributed by atoms with Crippen molar-refractivity contribution in [3.8, 4) is 6.07 Å². The lowest BCUT2D eigenvalue weighted by atomic mass is 9.87. The summed E-state index contributed by atoms with van der Waals surface area (Å²) in [6.45, 7) is 0. The number of aromatic amines is 1. The molecule has 1 saturated carbocycles. The molecule has 0 bridgehead atoms. The molecule has 0 unspecified atom stereocenters. The van der Waals surface area contributed by atoms with E-state index in [0.29, 0.717) is 11.6 Å². The highest BCUT2D eigenvalue weighted by atomic mass is 15.1. The van der Waals surface area contributed by atoms with Crippen LogP contribution in [0.25, 0.3) is 0 Å². The third kappa shape index (κ3) is 1.72. The fraction of sp³-hybridized carbons (Fsp3) is 0.600. The third-order valence-electron chi connectivity index (χ3n) is 2.76. The standard InChI is InChI=1S/C10H13N3/c11-7-9-6-10(13-12-9)8-4-2-1-3-5-8/h6,8H,1-5H2,(H,12,13). The van der Waals surface area contributed by atoms with E-state index < -0.39 is 0 Å².